The molecule has 0 saturated heterocycles. The lowest BCUT2D eigenvalue weighted by atomic mass is 9.74. The molecule has 0 heteroatoms. The zero-order valence-electron chi connectivity index (χ0n) is 13.0. The van der Waals surface area contributed by atoms with E-state index in [1.54, 1.807) is 0 Å². The first kappa shape index (κ1) is 16.0. The molecule has 0 aliphatic rings. The van der Waals surface area contributed by atoms with Crippen molar-refractivity contribution in [3.05, 3.63) is 0 Å². The van der Waals surface area contributed by atoms with E-state index in [0.29, 0.717) is 10.8 Å². The monoisotopic (exact) mass is 226 g/mol. The molecule has 0 aromatic carbocycles. The van der Waals surface area contributed by atoms with Gasteiger partial charge in [0, 0.05) is 0 Å². The summed E-state index contributed by atoms with van der Waals surface area (Å²) in [5.41, 5.74) is 0.961. The normalized spacial score (nSPS) is 17.2. The van der Waals surface area contributed by atoms with Gasteiger partial charge in [-0.15, -0.1) is 0 Å². The van der Waals surface area contributed by atoms with Gasteiger partial charge in [-0.3, -0.25) is 0 Å². The van der Waals surface area contributed by atoms with Crippen LogP contribution in [0.15, 0.2) is 0 Å². The summed E-state index contributed by atoms with van der Waals surface area (Å²) in [4.78, 5) is 0. The van der Waals surface area contributed by atoms with E-state index in [1.807, 2.05) is 0 Å². The first-order chi connectivity index (χ1) is 7.09. The van der Waals surface area contributed by atoms with Crippen molar-refractivity contribution in [1.29, 1.82) is 0 Å². The Labute approximate surface area is 104 Å². The van der Waals surface area contributed by atoms with E-state index in [9.17, 15) is 0 Å². The van der Waals surface area contributed by atoms with Crippen molar-refractivity contribution < 1.29 is 0 Å². The molecule has 2 atom stereocenters. The summed E-state index contributed by atoms with van der Waals surface area (Å²) < 4.78 is 0. The smallest absolute Gasteiger partial charge is 0.0354 e. The van der Waals surface area contributed by atoms with Crippen LogP contribution in [-0.4, -0.2) is 0 Å². The van der Waals surface area contributed by atoms with Crippen molar-refractivity contribution in [2.75, 3.05) is 0 Å². The Morgan fingerprint density at radius 2 is 1.31 bits per heavy atom. The predicted octanol–water partition coefficient (Wildman–Crippen LogP) is 5.91. The van der Waals surface area contributed by atoms with E-state index in [1.165, 1.54) is 25.7 Å². The van der Waals surface area contributed by atoms with Crippen LogP contribution in [0, 0.1) is 22.7 Å². The third-order valence-corrected chi connectivity index (χ3v) is 4.39. The summed E-state index contributed by atoms with van der Waals surface area (Å²) in [5.74, 6) is 1.73. The van der Waals surface area contributed by atoms with Gasteiger partial charge >= 0.3 is 0 Å². The molecule has 16 heavy (non-hydrogen) atoms. The summed E-state index contributed by atoms with van der Waals surface area (Å²) in [6.45, 7) is 19.0. The van der Waals surface area contributed by atoms with Gasteiger partial charge in [-0.25, -0.2) is 0 Å². The lowest BCUT2D eigenvalue weighted by molar-refractivity contribution is 0.193. The molecular formula is C16H34. The molecule has 0 nitrogen and oxygen atoms in total. The van der Waals surface area contributed by atoms with Crippen molar-refractivity contribution in [2.24, 2.45) is 22.7 Å². The SMILES string of the molecule is CCC(CCCC(C)C(C)(C)C)C(C)(C)C. The number of hydrogen-bond acceptors (Lipinski definition) is 0. The summed E-state index contributed by atoms with van der Waals surface area (Å²) in [6.07, 6.45) is 5.51. The molecular weight excluding hydrogens is 192 g/mol. The topological polar surface area (TPSA) is 0 Å². The van der Waals surface area contributed by atoms with E-state index in [-0.39, 0.29) is 0 Å². The van der Waals surface area contributed by atoms with Crippen molar-refractivity contribution in [1.82, 2.24) is 0 Å². The van der Waals surface area contributed by atoms with Crippen LogP contribution >= 0.6 is 0 Å². The van der Waals surface area contributed by atoms with Crippen LogP contribution in [0.5, 0.6) is 0 Å². The summed E-state index contributed by atoms with van der Waals surface area (Å²) in [6, 6.07) is 0. The van der Waals surface area contributed by atoms with Gasteiger partial charge in [0.05, 0.1) is 0 Å². The summed E-state index contributed by atoms with van der Waals surface area (Å²) in [5, 5.41) is 0. The van der Waals surface area contributed by atoms with Gasteiger partial charge < -0.3 is 0 Å². The molecule has 0 aromatic rings. The standard InChI is InChI=1S/C16H34/c1-9-14(16(6,7)8)12-10-11-13(2)15(3,4)5/h13-14H,9-12H2,1-8H3. The molecule has 0 aromatic heterocycles. The van der Waals surface area contributed by atoms with E-state index in [0.717, 1.165) is 11.8 Å². The maximum absolute atomic E-state index is 2.40. The summed E-state index contributed by atoms with van der Waals surface area (Å²) >= 11 is 0. The van der Waals surface area contributed by atoms with Gasteiger partial charge in [0.1, 0.15) is 0 Å². The van der Waals surface area contributed by atoms with Crippen LogP contribution in [0.4, 0.5) is 0 Å². The second kappa shape index (κ2) is 6.07. The maximum Gasteiger partial charge on any atom is -0.0354 e. The summed E-state index contributed by atoms with van der Waals surface area (Å²) in [7, 11) is 0. The zero-order chi connectivity index (χ0) is 13.0. The van der Waals surface area contributed by atoms with E-state index in [4.69, 9.17) is 0 Å². The molecule has 0 radical (unpaired) electrons. The highest BCUT2D eigenvalue weighted by Gasteiger charge is 2.24. The van der Waals surface area contributed by atoms with E-state index < -0.39 is 0 Å². The van der Waals surface area contributed by atoms with Gasteiger partial charge in [-0.05, 0) is 29.1 Å². The van der Waals surface area contributed by atoms with Crippen molar-refractivity contribution in [3.63, 3.8) is 0 Å². The predicted molar refractivity (Wildman–Crippen MR) is 75.7 cm³/mol. The molecule has 0 bridgehead atoms. The fourth-order valence-corrected chi connectivity index (χ4v) is 2.35. The lowest BCUT2D eigenvalue weighted by Crippen LogP contribution is -2.21. The Bertz CT molecular complexity index is 177. The van der Waals surface area contributed by atoms with Gasteiger partial charge in [0.2, 0.25) is 0 Å². The van der Waals surface area contributed by atoms with Gasteiger partial charge in [-0.1, -0.05) is 74.7 Å². The highest BCUT2D eigenvalue weighted by Crippen LogP contribution is 2.35. The minimum atomic E-state index is 0.476. The lowest BCUT2D eigenvalue weighted by Gasteiger charge is -2.32. The second-order valence-corrected chi connectivity index (χ2v) is 7.67. The van der Waals surface area contributed by atoms with Crippen LogP contribution in [0.1, 0.15) is 81.1 Å². The van der Waals surface area contributed by atoms with Crippen molar-refractivity contribution in [3.8, 4) is 0 Å². The fraction of sp³-hybridized carbons (Fsp3) is 1.00. The minimum absolute atomic E-state index is 0.476. The van der Waals surface area contributed by atoms with Crippen LogP contribution in [0.25, 0.3) is 0 Å². The van der Waals surface area contributed by atoms with Gasteiger partial charge in [0.25, 0.3) is 0 Å². The zero-order valence-corrected chi connectivity index (χ0v) is 13.0. The van der Waals surface area contributed by atoms with Crippen LogP contribution in [0.2, 0.25) is 0 Å². The van der Waals surface area contributed by atoms with Crippen molar-refractivity contribution >= 4 is 0 Å². The Kier molecular flexibility index (Phi) is 6.07. The second-order valence-electron chi connectivity index (χ2n) is 7.67. The van der Waals surface area contributed by atoms with Crippen LogP contribution < -0.4 is 0 Å². The Hall–Kier alpha value is 0. The molecule has 0 rings (SSSR count). The van der Waals surface area contributed by atoms with E-state index in [2.05, 4.69) is 55.4 Å². The van der Waals surface area contributed by atoms with Crippen LogP contribution in [-0.2, 0) is 0 Å². The quantitative estimate of drug-likeness (QED) is 0.546. The Morgan fingerprint density at radius 3 is 1.62 bits per heavy atom. The molecule has 0 aliphatic heterocycles. The molecule has 98 valence electrons. The molecule has 0 spiro atoms. The molecule has 2 unspecified atom stereocenters. The highest BCUT2D eigenvalue weighted by molar-refractivity contribution is 4.75. The average Bonchev–Trinajstić information content (AvgIpc) is 2.08. The van der Waals surface area contributed by atoms with Gasteiger partial charge in [-0.2, -0.15) is 0 Å². The van der Waals surface area contributed by atoms with Crippen molar-refractivity contribution in [2.45, 2.75) is 81.1 Å². The molecule has 0 N–H and O–H groups in total. The number of rotatable bonds is 5. The third kappa shape index (κ3) is 5.92. The molecule has 0 fully saturated rings. The average molecular weight is 226 g/mol. The molecule has 0 saturated carbocycles. The highest BCUT2D eigenvalue weighted by atomic mass is 14.3. The Balaban J connectivity index is 3.98. The largest absolute Gasteiger partial charge is 0.0651 e. The van der Waals surface area contributed by atoms with Gasteiger partial charge in [0.15, 0.2) is 0 Å². The molecule has 0 heterocycles. The molecule has 0 amide bonds. The van der Waals surface area contributed by atoms with Crippen LogP contribution in [0.3, 0.4) is 0 Å². The minimum Gasteiger partial charge on any atom is -0.0651 e. The maximum atomic E-state index is 2.40. The Morgan fingerprint density at radius 1 is 0.812 bits per heavy atom. The number of hydrogen-bond donors (Lipinski definition) is 0. The van der Waals surface area contributed by atoms with E-state index >= 15 is 0 Å². The first-order valence-corrected chi connectivity index (χ1v) is 7.09. The third-order valence-electron chi connectivity index (χ3n) is 4.39. The fourth-order valence-electron chi connectivity index (χ4n) is 2.35. The first-order valence-electron chi connectivity index (χ1n) is 7.09. The molecule has 0 aliphatic carbocycles.